The highest BCUT2D eigenvalue weighted by molar-refractivity contribution is 5.76. The van der Waals surface area contributed by atoms with Crippen molar-refractivity contribution in [3.63, 3.8) is 0 Å². The predicted molar refractivity (Wildman–Crippen MR) is 97.3 cm³/mol. The molecule has 2 unspecified atom stereocenters. The number of piperidine rings is 1. The van der Waals surface area contributed by atoms with E-state index in [1.165, 1.54) is 19.3 Å². The van der Waals surface area contributed by atoms with Gasteiger partial charge in [-0.25, -0.2) is 0 Å². The maximum absolute atomic E-state index is 12.3. The van der Waals surface area contributed by atoms with Crippen LogP contribution in [0.2, 0.25) is 0 Å². The Kier molecular flexibility index (Phi) is 7.27. The maximum atomic E-state index is 12.3. The van der Waals surface area contributed by atoms with E-state index >= 15 is 0 Å². The van der Waals surface area contributed by atoms with Gasteiger partial charge in [-0.1, -0.05) is 36.8 Å². The molecule has 0 aliphatic carbocycles. The number of carbonyl (C=O) groups excluding carboxylic acids is 1. The summed E-state index contributed by atoms with van der Waals surface area (Å²) in [5.41, 5.74) is 1.16. The Hall–Kier alpha value is -1.43. The smallest absolute Gasteiger partial charge is 0.221 e. The van der Waals surface area contributed by atoms with E-state index in [2.05, 4.69) is 22.3 Å². The van der Waals surface area contributed by atoms with E-state index in [1.54, 1.807) is 0 Å². The molecular weight excluding hydrogens is 316 g/mol. The van der Waals surface area contributed by atoms with Crippen LogP contribution in [-0.4, -0.2) is 55.8 Å². The van der Waals surface area contributed by atoms with Crippen molar-refractivity contribution in [1.29, 1.82) is 0 Å². The standard InChI is InChI=1S/C20H30N2O3/c23-20(9-13-22-11-5-2-6-12-22)21-18-16-24-14-10-19(18)25-15-17-7-3-1-4-8-17/h1,3-4,7-8,18-19H,2,5-6,9-16H2,(H,21,23). The van der Waals surface area contributed by atoms with Crippen molar-refractivity contribution in [3.8, 4) is 0 Å². The van der Waals surface area contributed by atoms with E-state index in [9.17, 15) is 4.79 Å². The third-order valence-electron chi connectivity index (χ3n) is 5.05. The van der Waals surface area contributed by atoms with Gasteiger partial charge in [0.25, 0.3) is 0 Å². The fourth-order valence-electron chi connectivity index (χ4n) is 3.55. The van der Waals surface area contributed by atoms with Gasteiger partial charge in [0.2, 0.25) is 5.91 Å². The summed E-state index contributed by atoms with van der Waals surface area (Å²) in [5, 5.41) is 3.13. The number of hydrogen-bond acceptors (Lipinski definition) is 4. The zero-order chi connectivity index (χ0) is 17.3. The minimum atomic E-state index is -0.0497. The number of hydrogen-bond donors (Lipinski definition) is 1. The lowest BCUT2D eigenvalue weighted by Crippen LogP contribution is -2.51. The van der Waals surface area contributed by atoms with Crippen LogP contribution in [0.1, 0.15) is 37.7 Å². The Morgan fingerprint density at radius 2 is 2.00 bits per heavy atom. The fraction of sp³-hybridized carbons (Fsp3) is 0.650. The SMILES string of the molecule is O=C(CCN1CCCCC1)NC1COCCC1OCc1ccccc1. The van der Waals surface area contributed by atoms with Crippen LogP contribution in [0.4, 0.5) is 0 Å². The molecule has 2 aliphatic rings. The Labute approximate surface area is 150 Å². The summed E-state index contributed by atoms with van der Waals surface area (Å²) in [7, 11) is 0. The predicted octanol–water partition coefficient (Wildman–Crippen LogP) is 2.35. The molecule has 2 heterocycles. The van der Waals surface area contributed by atoms with Crippen molar-refractivity contribution in [2.24, 2.45) is 0 Å². The highest BCUT2D eigenvalue weighted by atomic mass is 16.5. The summed E-state index contributed by atoms with van der Waals surface area (Å²) in [6.45, 7) is 4.92. The minimum Gasteiger partial charge on any atom is -0.379 e. The van der Waals surface area contributed by atoms with Crippen LogP contribution in [-0.2, 0) is 20.9 Å². The highest BCUT2D eigenvalue weighted by Gasteiger charge is 2.28. The molecule has 1 amide bonds. The normalized spacial score (nSPS) is 24.8. The lowest BCUT2D eigenvalue weighted by molar-refractivity contribution is -0.126. The van der Waals surface area contributed by atoms with Crippen molar-refractivity contribution in [2.45, 2.75) is 50.9 Å². The lowest BCUT2D eigenvalue weighted by atomic mass is 10.1. The Bertz CT molecular complexity index is 517. The molecule has 0 radical (unpaired) electrons. The van der Waals surface area contributed by atoms with Gasteiger partial charge in [0, 0.05) is 19.6 Å². The number of carbonyl (C=O) groups is 1. The zero-order valence-corrected chi connectivity index (χ0v) is 15.0. The first-order chi connectivity index (χ1) is 12.3. The average molecular weight is 346 g/mol. The van der Waals surface area contributed by atoms with Gasteiger partial charge in [-0.3, -0.25) is 4.79 Å². The number of nitrogens with zero attached hydrogens (tertiary/aromatic N) is 1. The van der Waals surface area contributed by atoms with Crippen molar-refractivity contribution in [1.82, 2.24) is 10.2 Å². The number of benzene rings is 1. The molecule has 0 bridgehead atoms. The van der Waals surface area contributed by atoms with E-state index in [-0.39, 0.29) is 18.1 Å². The van der Waals surface area contributed by atoms with Crippen LogP contribution in [0.15, 0.2) is 30.3 Å². The topological polar surface area (TPSA) is 50.8 Å². The first-order valence-electron chi connectivity index (χ1n) is 9.56. The summed E-state index contributed by atoms with van der Waals surface area (Å²) in [6.07, 6.45) is 5.24. The largest absolute Gasteiger partial charge is 0.379 e. The monoisotopic (exact) mass is 346 g/mol. The molecule has 1 aromatic carbocycles. The summed E-state index contributed by atoms with van der Waals surface area (Å²) < 4.78 is 11.6. The van der Waals surface area contributed by atoms with Crippen LogP contribution in [0.3, 0.4) is 0 Å². The van der Waals surface area contributed by atoms with Crippen LogP contribution in [0.25, 0.3) is 0 Å². The Balaban J connectivity index is 1.42. The molecule has 2 aliphatic heterocycles. The second kappa shape index (κ2) is 9.90. The van der Waals surface area contributed by atoms with E-state index in [4.69, 9.17) is 9.47 Å². The summed E-state index contributed by atoms with van der Waals surface area (Å²) >= 11 is 0. The molecule has 2 fully saturated rings. The molecule has 2 atom stereocenters. The fourth-order valence-corrected chi connectivity index (χ4v) is 3.55. The third-order valence-corrected chi connectivity index (χ3v) is 5.05. The van der Waals surface area contributed by atoms with Gasteiger partial charge in [0.05, 0.1) is 25.4 Å². The third kappa shape index (κ3) is 6.10. The van der Waals surface area contributed by atoms with E-state index in [0.717, 1.165) is 31.6 Å². The molecule has 1 aromatic rings. The molecule has 0 saturated carbocycles. The van der Waals surface area contributed by atoms with Crippen LogP contribution >= 0.6 is 0 Å². The zero-order valence-electron chi connectivity index (χ0n) is 15.0. The maximum Gasteiger partial charge on any atom is 0.221 e. The Morgan fingerprint density at radius 1 is 1.20 bits per heavy atom. The number of amides is 1. The highest BCUT2D eigenvalue weighted by Crippen LogP contribution is 2.15. The van der Waals surface area contributed by atoms with Gasteiger partial charge >= 0.3 is 0 Å². The van der Waals surface area contributed by atoms with Crippen LogP contribution < -0.4 is 5.32 Å². The number of ether oxygens (including phenoxy) is 2. The van der Waals surface area contributed by atoms with Gasteiger partial charge in [-0.05, 0) is 37.9 Å². The second-order valence-corrected chi connectivity index (χ2v) is 7.02. The van der Waals surface area contributed by atoms with Gasteiger partial charge in [0.1, 0.15) is 0 Å². The number of likely N-dealkylation sites (tertiary alicyclic amines) is 1. The van der Waals surface area contributed by atoms with Crippen molar-refractivity contribution in [2.75, 3.05) is 32.8 Å². The molecule has 2 saturated heterocycles. The summed E-state index contributed by atoms with van der Waals surface area (Å²) in [5.74, 6) is 0.106. The van der Waals surface area contributed by atoms with Gasteiger partial charge < -0.3 is 19.7 Å². The van der Waals surface area contributed by atoms with Gasteiger partial charge in [-0.2, -0.15) is 0 Å². The summed E-state index contributed by atoms with van der Waals surface area (Å²) in [4.78, 5) is 14.7. The first-order valence-corrected chi connectivity index (χ1v) is 9.56. The molecule has 0 spiro atoms. The minimum absolute atomic E-state index is 0.0212. The Morgan fingerprint density at radius 3 is 2.80 bits per heavy atom. The molecule has 0 aromatic heterocycles. The second-order valence-electron chi connectivity index (χ2n) is 7.02. The van der Waals surface area contributed by atoms with E-state index in [0.29, 0.717) is 26.2 Å². The molecule has 5 heteroatoms. The molecular formula is C20H30N2O3. The van der Waals surface area contributed by atoms with Crippen LogP contribution in [0.5, 0.6) is 0 Å². The van der Waals surface area contributed by atoms with Crippen molar-refractivity contribution >= 4 is 5.91 Å². The summed E-state index contributed by atoms with van der Waals surface area (Å²) in [6, 6.07) is 10.1. The van der Waals surface area contributed by atoms with Gasteiger partial charge in [-0.15, -0.1) is 0 Å². The molecule has 3 rings (SSSR count). The van der Waals surface area contributed by atoms with E-state index < -0.39 is 0 Å². The molecule has 5 nitrogen and oxygen atoms in total. The van der Waals surface area contributed by atoms with Crippen molar-refractivity contribution < 1.29 is 14.3 Å². The molecule has 25 heavy (non-hydrogen) atoms. The molecule has 138 valence electrons. The van der Waals surface area contributed by atoms with Crippen LogP contribution in [0, 0.1) is 0 Å². The first kappa shape index (κ1) is 18.4. The lowest BCUT2D eigenvalue weighted by Gasteiger charge is -2.32. The number of rotatable bonds is 7. The average Bonchev–Trinajstić information content (AvgIpc) is 2.67. The van der Waals surface area contributed by atoms with Crippen molar-refractivity contribution in [3.05, 3.63) is 35.9 Å². The quantitative estimate of drug-likeness (QED) is 0.823. The number of nitrogens with one attached hydrogen (secondary N) is 1. The molecule has 1 N–H and O–H groups in total. The van der Waals surface area contributed by atoms with Gasteiger partial charge in [0.15, 0.2) is 0 Å². The van der Waals surface area contributed by atoms with E-state index in [1.807, 2.05) is 18.2 Å².